The fraction of sp³-hybridized carbons (Fsp3) is 0.0952. The number of aromatic hydroxyl groups is 1. The van der Waals surface area contributed by atoms with Crippen molar-refractivity contribution in [1.82, 2.24) is 4.98 Å². The summed E-state index contributed by atoms with van der Waals surface area (Å²) in [5.41, 5.74) is 4.66. The van der Waals surface area contributed by atoms with Crippen LogP contribution in [0, 0.1) is 25.2 Å². The summed E-state index contributed by atoms with van der Waals surface area (Å²) < 4.78 is 0. The zero-order valence-electron chi connectivity index (χ0n) is 14.9. The first-order valence-electron chi connectivity index (χ1n) is 8.21. The molecular weight excluding hydrogens is 358 g/mol. The number of hydrogen-bond acceptors (Lipinski definition) is 5. The zero-order valence-corrected chi connectivity index (χ0v) is 15.7. The molecule has 6 heteroatoms. The van der Waals surface area contributed by atoms with Gasteiger partial charge in [-0.3, -0.25) is 10.1 Å². The standard InChI is InChI=1S/C21H17N3O2S/c1-13-3-4-14(2)18(9-13)19-12-27-21(23-19)24-20(26)16(11-22)10-15-5-7-17(25)8-6-15/h3-10,12,25H,1-2H3,(H,23,24,26)/b16-10+. The summed E-state index contributed by atoms with van der Waals surface area (Å²) in [5.74, 6) is -0.399. The lowest BCUT2D eigenvalue weighted by molar-refractivity contribution is -0.112. The molecule has 1 amide bonds. The number of aryl methyl sites for hydroxylation is 2. The third kappa shape index (κ3) is 4.40. The Morgan fingerprint density at radius 1 is 1.22 bits per heavy atom. The van der Waals surface area contributed by atoms with Crippen LogP contribution < -0.4 is 5.32 Å². The van der Waals surface area contributed by atoms with E-state index in [2.05, 4.69) is 16.4 Å². The number of nitrogens with one attached hydrogen (secondary N) is 1. The molecule has 134 valence electrons. The van der Waals surface area contributed by atoms with E-state index >= 15 is 0 Å². The van der Waals surface area contributed by atoms with Crippen LogP contribution in [0.1, 0.15) is 16.7 Å². The van der Waals surface area contributed by atoms with E-state index in [0.717, 1.165) is 22.4 Å². The van der Waals surface area contributed by atoms with Crippen molar-refractivity contribution in [3.05, 3.63) is 70.1 Å². The second kappa shape index (κ2) is 7.85. The molecule has 0 atom stereocenters. The Balaban J connectivity index is 1.80. The van der Waals surface area contributed by atoms with Crippen molar-refractivity contribution >= 4 is 28.5 Å². The largest absolute Gasteiger partial charge is 0.508 e. The molecule has 0 aliphatic carbocycles. The third-order valence-electron chi connectivity index (χ3n) is 3.96. The number of phenols is 1. The number of anilines is 1. The normalized spacial score (nSPS) is 11.1. The fourth-order valence-electron chi connectivity index (χ4n) is 2.52. The molecule has 2 N–H and O–H groups in total. The maximum absolute atomic E-state index is 12.4. The minimum Gasteiger partial charge on any atom is -0.508 e. The van der Waals surface area contributed by atoms with Gasteiger partial charge in [0.1, 0.15) is 17.4 Å². The van der Waals surface area contributed by atoms with Gasteiger partial charge >= 0.3 is 0 Å². The van der Waals surface area contributed by atoms with Gasteiger partial charge in [0.25, 0.3) is 5.91 Å². The molecule has 0 saturated carbocycles. The summed E-state index contributed by atoms with van der Waals surface area (Å²) in [5, 5.41) is 23.6. The lowest BCUT2D eigenvalue weighted by Crippen LogP contribution is -2.13. The van der Waals surface area contributed by atoms with Crippen LogP contribution in [0.2, 0.25) is 0 Å². The molecule has 0 radical (unpaired) electrons. The minimum absolute atomic E-state index is 0.0378. The predicted molar refractivity (Wildman–Crippen MR) is 107 cm³/mol. The Morgan fingerprint density at radius 2 is 1.96 bits per heavy atom. The quantitative estimate of drug-likeness (QED) is 0.512. The van der Waals surface area contributed by atoms with Crippen LogP contribution in [0.5, 0.6) is 5.75 Å². The molecule has 0 fully saturated rings. The van der Waals surface area contributed by atoms with E-state index in [1.807, 2.05) is 37.4 Å². The third-order valence-corrected chi connectivity index (χ3v) is 4.72. The van der Waals surface area contributed by atoms with Gasteiger partial charge < -0.3 is 5.11 Å². The summed E-state index contributed by atoms with van der Waals surface area (Å²) in [4.78, 5) is 16.9. The average Bonchev–Trinajstić information content (AvgIpc) is 3.11. The monoisotopic (exact) mass is 375 g/mol. The van der Waals surface area contributed by atoms with E-state index in [4.69, 9.17) is 0 Å². The summed E-state index contributed by atoms with van der Waals surface area (Å²) in [7, 11) is 0. The number of amides is 1. The Hall–Kier alpha value is -3.43. The second-order valence-corrected chi connectivity index (χ2v) is 6.93. The van der Waals surface area contributed by atoms with E-state index in [9.17, 15) is 15.2 Å². The van der Waals surface area contributed by atoms with Gasteiger partial charge in [-0.2, -0.15) is 5.26 Å². The van der Waals surface area contributed by atoms with Crippen molar-refractivity contribution in [1.29, 1.82) is 5.26 Å². The number of nitriles is 1. The second-order valence-electron chi connectivity index (χ2n) is 6.07. The van der Waals surface area contributed by atoms with Gasteiger partial charge in [0, 0.05) is 10.9 Å². The Morgan fingerprint density at radius 3 is 2.67 bits per heavy atom. The number of carbonyl (C=O) groups is 1. The van der Waals surface area contributed by atoms with Crippen LogP contribution in [0.15, 0.2) is 53.4 Å². The van der Waals surface area contributed by atoms with E-state index in [1.165, 1.54) is 29.5 Å². The van der Waals surface area contributed by atoms with Gasteiger partial charge in [-0.25, -0.2) is 4.98 Å². The summed E-state index contributed by atoms with van der Waals surface area (Å²) >= 11 is 1.31. The molecule has 0 bridgehead atoms. The first-order valence-corrected chi connectivity index (χ1v) is 9.09. The smallest absolute Gasteiger partial charge is 0.268 e. The molecule has 0 aliphatic rings. The highest BCUT2D eigenvalue weighted by Gasteiger charge is 2.13. The molecule has 0 spiro atoms. The van der Waals surface area contributed by atoms with Crippen LogP contribution in [0.3, 0.4) is 0 Å². The van der Waals surface area contributed by atoms with E-state index in [-0.39, 0.29) is 11.3 Å². The van der Waals surface area contributed by atoms with Crippen LogP contribution in [-0.2, 0) is 4.79 Å². The van der Waals surface area contributed by atoms with Crippen molar-refractivity contribution in [2.24, 2.45) is 0 Å². The highest BCUT2D eigenvalue weighted by molar-refractivity contribution is 7.14. The SMILES string of the molecule is Cc1ccc(C)c(-c2csc(NC(=O)/C(C#N)=C/c3ccc(O)cc3)n2)c1. The summed E-state index contributed by atoms with van der Waals surface area (Å²) in [6.45, 7) is 4.03. The van der Waals surface area contributed by atoms with Crippen molar-refractivity contribution in [3.63, 3.8) is 0 Å². The zero-order chi connectivity index (χ0) is 19.4. The van der Waals surface area contributed by atoms with E-state index < -0.39 is 5.91 Å². The summed E-state index contributed by atoms with van der Waals surface area (Å²) in [6, 6.07) is 14.3. The van der Waals surface area contributed by atoms with Gasteiger partial charge in [0.2, 0.25) is 0 Å². The van der Waals surface area contributed by atoms with Gasteiger partial charge in [0.15, 0.2) is 5.13 Å². The molecule has 2 aromatic carbocycles. The maximum atomic E-state index is 12.4. The number of aromatic nitrogens is 1. The molecule has 3 rings (SSSR count). The number of benzene rings is 2. The Kier molecular flexibility index (Phi) is 5.34. The van der Waals surface area contributed by atoms with Gasteiger partial charge in [-0.05, 0) is 49.2 Å². The molecule has 5 nitrogen and oxygen atoms in total. The lowest BCUT2D eigenvalue weighted by Gasteiger charge is -2.04. The van der Waals surface area contributed by atoms with Crippen molar-refractivity contribution in [2.75, 3.05) is 5.32 Å². The lowest BCUT2D eigenvalue weighted by atomic mass is 10.0. The highest BCUT2D eigenvalue weighted by atomic mass is 32.1. The maximum Gasteiger partial charge on any atom is 0.268 e. The fourth-order valence-corrected chi connectivity index (χ4v) is 3.22. The topological polar surface area (TPSA) is 86.0 Å². The van der Waals surface area contributed by atoms with Crippen LogP contribution in [-0.4, -0.2) is 16.0 Å². The molecule has 3 aromatic rings. The number of rotatable bonds is 4. The van der Waals surface area contributed by atoms with Crippen molar-refractivity contribution in [3.8, 4) is 23.1 Å². The Bertz CT molecular complexity index is 1060. The van der Waals surface area contributed by atoms with Crippen LogP contribution in [0.4, 0.5) is 5.13 Å². The predicted octanol–water partition coefficient (Wildman–Crippen LogP) is 4.68. The van der Waals surface area contributed by atoms with E-state index in [0.29, 0.717) is 10.7 Å². The number of hydrogen-bond donors (Lipinski definition) is 2. The molecule has 0 saturated heterocycles. The first kappa shape index (κ1) is 18.4. The molecule has 1 aromatic heterocycles. The van der Waals surface area contributed by atoms with Gasteiger partial charge in [-0.15, -0.1) is 11.3 Å². The number of phenolic OH excluding ortho intramolecular Hbond substituents is 1. The number of nitrogens with zero attached hydrogens (tertiary/aromatic N) is 2. The molecule has 1 heterocycles. The number of carbonyl (C=O) groups excluding carboxylic acids is 1. The molecule has 0 unspecified atom stereocenters. The molecule has 0 aliphatic heterocycles. The van der Waals surface area contributed by atoms with Crippen LogP contribution >= 0.6 is 11.3 Å². The first-order chi connectivity index (χ1) is 13.0. The Labute approximate surface area is 161 Å². The van der Waals surface area contributed by atoms with Gasteiger partial charge in [-0.1, -0.05) is 29.8 Å². The molecule has 27 heavy (non-hydrogen) atoms. The highest BCUT2D eigenvalue weighted by Crippen LogP contribution is 2.28. The van der Waals surface area contributed by atoms with Crippen molar-refractivity contribution in [2.45, 2.75) is 13.8 Å². The van der Waals surface area contributed by atoms with Crippen LogP contribution in [0.25, 0.3) is 17.3 Å². The summed E-state index contributed by atoms with van der Waals surface area (Å²) in [6.07, 6.45) is 1.47. The van der Waals surface area contributed by atoms with Crippen molar-refractivity contribution < 1.29 is 9.90 Å². The molecular formula is C21H17N3O2S. The van der Waals surface area contributed by atoms with E-state index in [1.54, 1.807) is 12.1 Å². The van der Waals surface area contributed by atoms with Gasteiger partial charge in [0.05, 0.1) is 5.69 Å². The minimum atomic E-state index is -0.521. The average molecular weight is 375 g/mol. The number of thiazole rings is 1.